The monoisotopic (exact) mass is 294 g/mol. The lowest BCUT2D eigenvalue weighted by atomic mass is 10.0. The van der Waals surface area contributed by atoms with Gasteiger partial charge in [-0.2, -0.15) is 0 Å². The highest BCUT2D eigenvalue weighted by atomic mass is 79.9. The minimum absolute atomic E-state index is 0.722. The number of nitrogens with zero attached hydrogens (tertiary/aromatic N) is 2. The normalized spacial score (nSPS) is 17.7. The van der Waals surface area contributed by atoms with Crippen molar-refractivity contribution in [3.05, 3.63) is 29.0 Å². The second-order valence-electron chi connectivity index (χ2n) is 4.59. The zero-order valence-electron chi connectivity index (χ0n) is 9.60. The molecule has 0 saturated carbocycles. The molecule has 2 heterocycles. The Kier molecular flexibility index (Phi) is 3.16. The molecule has 0 spiro atoms. The van der Waals surface area contributed by atoms with Crippen molar-refractivity contribution in [1.82, 2.24) is 9.55 Å². The summed E-state index contributed by atoms with van der Waals surface area (Å²) in [4.78, 5) is 4.44. The third kappa shape index (κ3) is 2.38. The molecule has 1 aromatic heterocycles. The first-order valence-electron chi connectivity index (χ1n) is 6.01. The highest BCUT2D eigenvalue weighted by Crippen LogP contribution is 2.22. The van der Waals surface area contributed by atoms with Gasteiger partial charge in [0.2, 0.25) is 0 Å². The zero-order chi connectivity index (χ0) is 11.7. The maximum Gasteiger partial charge on any atom is 0.0958 e. The second-order valence-corrected chi connectivity index (χ2v) is 5.50. The van der Waals surface area contributed by atoms with Crippen LogP contribution in [0.3, 0.4) is 0 Å². The number of fused-ring (bicyclic) bond motifs is 1. The molecule has 0 bridgehead atoms. The molecular formula is C13H15BrN2O. The van der Waals surface area contributed by atoms with Gasteiger partial charge in [-0.3, -0.25) is 0 Å². The molecule has 17 heavy (non-hydrogen) atoms. The van der Waals surface area contributed by atoms with Crippen molar-refractivity contribution in [2.75, 3.05) is 13.2 Å². The van der Waals surface area contributed by atoms with E-state index in [2.05, 4.69) is 37.6 Å². The lowest BCUT2D eigenvalue weighted by Gasteiger charge is -2.22. The molecule has 4 heteroatoms. The lowest BCUT2D eigenvalue weighted by molar-refractivity contribution is 0.0616. The van der Waals surface area contributed by atoms with Crippen molar-refractivity contribution >= 4 is 27.0 Å². The predicted octanol–water partition coefficient (Wildman–Crippen LogP) is 3.23. The van der Waals surface area contributed by atoms with Gasteiger partial charge >= 0.3 is 0 Å². The van der Waals surface area contributed by atoms with Gasteiger partial charge in [0.25, 0.3) is 0 Å². The quantitative estimate of drug-likeness (QED) is 0.850. The van der Waals surface area contributed by atoms with E-state index in [4.69, 9.17) is 4.74 Å². The molecule has 0 unspecified atom stereocenters. The highest BCUT2D eigenvalue weighted by Gasteiger charge is 2.15. The molecule has 3 nitrogen and oxygen atoms in total. The van der Waals surface area contributed by atoms with Crippen LogP contribution in [-0.4, -0.2) is 22.8 Å². The largest absolute Gasteiger partial charge is 0.381 e. The predicted molar refractivity (Wildman–Crippen MR) is 71.0 cm³/mol. The summed E-state index contributed by atoms with van der Waals surface area (Å²) in [7, 11) is 0. The number of imidazole rings is 1. The van der Waals surface area contributed by atoms with E-state index in [0.717, 1.165) is 48.5 Å². The van der Waals surface area contributed by atoms with Crippen molar-refractivity contribution in [1.29, 1.82) is 0 Å². The molecule has 0 aliphatic carbocycles. The number of aromatic nitrogens is 2. The van der Waals surface area contributed by atoms with Gasteiger partial charge in [0.1, 0.15) is 0 Å². The van der Waals surface area contributed by atoms with E-state index in [-0.39, 0.29) is 0 Å². The van der Waals surface area contributed by atoms with E-state index in [1.807, 2.05) is 12.4 Å². The number of hydrogen-bond acceptors (Lipinski definition) is 2. The molecule has 0 amide bonds. The average Bonchev–Trinajstić information content (AvgIpc) is 2.73. The van der Waals surface area contributed by atoms with E-state index in [9.17, 15) is 0 Å². The van der Waals surface area contributed by atoms with Gasteiger partial charge in [-0.1, -0.05) is 15.9 Å². The summed E-state index contributed by atoms with van der Waals surface area (Å²) in [5, 5.41) is 0. The molecular weight excluding hydrogens is 280 g/mol. The SMILES string of the molecule is Brc1ccc2ncn(CC3CCOCC3)c2c1. The average molecular weight is 295 g/mol. The molecule has 1 aliphatic rings. The molecule has 90 valence electrons. The van der Waals surface area contributed by atoms with Crippen molar-refractivity contribution in [3.8, 4) is 0 Å². The van der Waals surface area contributed by atoms with Crippen LogP contribution in [0.5, 0.6) is 0 Å². The van der Waals surface area contributed by atoms with Crippen molar-refractivity contribution < 1.29 is 4.74 Å². The molecule has 1 fully saturated rings. The molecule has 0 radical (unpaired) electrons. The first-order valence-corrected chi connectivity index (χ1v) is 6.80. The van der Waals surface area contributed by atoms with Crippen LogP contribution in [0.4, 0.5) is 0 Å². The molecule has 0 atom stereocenters. The lowest BCUT2D eigenvalue weighted by Crippen LogP contribution is -2.20. The van der Waals surface area contributed by atoms with E-state index < -0.39 is 0 Å². The van der Waals surface area contributed by atoms with Gasteiger partial charge in [0.05, 0.1) is 17.4 Å². The maximum absolute atomic E-state index is 5.39. The van der Waals surface area contributed by atoms with Gasteiger partial charge in [-0.15, -0.1) is 0 Å². The number of rotatable bonds is 2. The molecule has 1 aliphatic heterocycles. The van der Waals surface area contributed by atoms with Crippen LogP contribution in [0.2, 0.25) is 0 Å². The van der Waals surface area contributed by atoms with E-state index >= 15 is 0 Å². The Bertz CT molecular complexity index is 517. The highest BCUT2D eigenvalue weighted by molar-refractivity contribution is 9.10. The number of hydrogen-bond donors (Lipinski definition) is 0. The van der Waals surface area contributed by atoms with E-state index in [1.165, 1.54) is 5.52 Å². The Balaban J connectivity index is 1.86. The van der Waals surface area contributed by atoms with Crippen molar-refractivity contribution in [2.24, 2.45) is 5.92 Å². The van der Waals surface area contributed by atoms with Crippen LogP contribution in [0, 0.1) is 5.92 Å². The van der Waals surface area contributed by atoms with Crippen LogP contribution < -0.4 is 0 Å². The van der Waals surface area contributed by atoms with Gasteiger partial charge < -0.3 is 9.30 Å². The summed E-state index contributed by atoms with van der Waals surface area (Å²) in [5.74, 6) is 0.722. The second kappa shape index (κ2) is 4.78. The first-order chi connectivity index (χ1) is 8.33. The minimum atomic E-state index is 0.722. The Morgan fingerprint density at radius 2 is 2.18 bits per heavy atom. The summed E-state index contributed by atoms with van der Waals surface area (Å²) in [6.45, 7) is 2.86. The number of halogens is 1. The van der Waals surface area contributed by atoms with Crippen LogP contribution >= 0.6 is 15.9 Å². The van der Waals surface area contributed by atoms with Crippen molar-refractivity contribution in [2.45, 2.75) is 19.4 Å². The fourth-order valence-corrected chi connectivity index (χ4v) is 2.73. The maximum atomic E-state index is 5.39. The van der Waals surface area contributed by atoms with E-state index in [0.29, 0.717) is 0 Å². The first kappa shape index (κ1) is 11.2. The molecule has 3 rings (SSSR count). The van der Waals surface area contributed by atoms with Crippen LogP contribution in [-0.2, 0) is 11.3 Å². The molecule has 1 aromatic carbocycles. The van der Waals surface area contributed by atoms with Gasteiger partial charge in [0.15, 0.2) is 0 Å². The molecule has 2 aromatic rings. The summed E-state index contributed by atoms with van der Waals surface area (Å²) >= 11 is 3.52. The zero-order valence-corrected chi connectivity index (χ0v) is 11.2. The van der Waals surface area contributed by atoms with Gasteiger partial charge in [-0.05, 0) is 37.0 Å². The smallest absolute Gasteiger partial charge is 0.0958 e. The third-order valence-corrected chi connectivity index (χ3v) is 3.87. The Labute approximate surface area is 109 Å². The number of benzene rings is 1. The fraction of sp³-hybridized carbons (Fsp3) is 0.462. The van der Waals surface area contributed by atoms with Gasteiger partial charge in [-0.25, -0.2) is 4.98 Å². The Hall–Kier alpha value is -0.870. The standard InChI is InChI=1S/C13H15BrN2O/c14-11-1-2-12-13(7-11)16(9-15-12)8-10-3-5-17-6-4-10/h1-2,7,9-10H,3-6,8H2. The molecule has 0 N–H and O–H groups in total. The Morgan fingerprint density at radius 1 is 1.35 bits per heavy atom. The number of ether oxygens (including phenoxy) is 1. The van der Waals surface area contributed by atoms with Crippen LogP contribution in [0.1, 0.15) is 12.8 Å². The summed E-state index contributed by atoms with van der Waals surface area (Å²) in [6, 6.07) is 6.23. The van der Waals surface area contributed by atoms with Crippen molar-refractivity contribution in [3.63, 3.8) is 0 Å². The summed E-state index contributed by atoms with van der Waals surface area (Å²) < 4.78 is 8.76. The van der Waals surface area contributed by atoms with Crippen LogP contribution in [0.25, 0.3) is 11.0 Å². The minimum Gasteiger partial charge on any atom is -0.381 e. The Morgan fingerprint density at radius 3 is 3.00 bits per heavy atom. The summed E-state index contributed by atoms with van der Waals surface area (Å²) in [5.41, 5.74) is 2.28. The van der Waals surface area contributed by atoms with E-state index in [1.54, 1.807) is 0 Å². The fourth-order valence-electron chi connectivity index (χ4n) is 2.38. The van der Waals surface area contributed by atoms with Crippen LogP contribution in [0.15, 0.2) is 29.0 Å². The third-order valence-electron chi connectivity index (χ3n) is 3.38. The summed E-state index contributed by atoms with van der Waals surface area (Å²) in [6.07, 6.45) is 4.27. The molecule has 1 saturated heterocycles. The van der Waals surface area contributed by atoms with Gasteiger partial charge in [0, 0.05) is 24.2 Å². The topological polar surface area (TPSA) is 27.1 Å².